The number of nitrogens with zero attached hydrogens (tertiary/aromatic N) is 4. The predicted molar refractivity (Wildman–Crippen MR) is 114 cm³/mol. The van der Waals surface area contributed by atoms with Crippen LogP contribution in [-0.4, -0.2) is 30.3 Å². The Morgan fingerprint density at radius 2 is 2.03 bits per heavy atom. The summed E-state index contributed by atoms with van der Waals surface area (Å²) in [5.41, 5.74) is 2.02. The number of aromatic nitrogens is 4. The summed E-state index contributed by atoms with van der Waals surface area (Å²) in [7, 11) is 0. The van der Waals surface area contributed by atoms with Crippen molar-refractivity contribution in [2.24, 2.45) is 0 Å². The average Bonchev–Trinajstić information content (AvgIpc) is 3.06. The quantitative estimate of drug-likeness (QED) is 0.671. The Balaban J connectivity index is 1.54. The minimum atomic E-state index is -0.327. The molecule has 1 fully saturated rings. The first-order chi connectivity index (χ1) is 14.2. The Labute approximate surface area is 173 Å². The van der Waals surface area contributed by atoms with E-state index in [1.807, 2.05) is 31.2 Å². The number of benzene rings is 1. The predicted octanol–water partition coefficient (Wildman–Crippen LogP) is 3.52. The van der Waals surface area contributed by atoms with Crippen molar-refractivity contribution in [2.75, 3.05) is 5.32 Å². The van der Waals surface area contributed by atoms with E-state index in [1.165, 1.54) is 28.3 Å². The lowest BCUT2D eigenvalue weighted by atomic mass is 10.0. The average molecular weight is 412 g/mol. The van der Waals surface area contributed by atoms with Crippen LogP contribution in [0.3, 0.4) is 0 Å². The number of thioether (sulfide) groups is 1. The van der Waals surface area contributed by atoms with Crippen molar-refractivity contribution >= 4 is 29.0 Å². The van der Waals surface area contributed by atoms with Crippen LogP contribution in [0.2, 0.25) is 0 Å². The number of nitrogens with one attached hydrogen (secondary N) is 1. The number of amides is 1. The normalized spacial score (nSPS) is 14.9. The number of carbonyl (C=O) groups excluding carboxylic acids is 1. The molecule has 0 aliphatic heterocycles. The largest absolute Gasteiger partial charge is 0.350 e. The van der Waals surface area contributed by atoms with E-state index in [2.05, 4.69) is 15.4 Å². The number of rotatable bonds is 6. The van der Waals surface area contributed by atoms with Crippen LogP contribution in [0.25, 0.3) is 5.65 Å². The Morgan fingerprint density at radius 1 is 1.24 bits per heavy atom. The van der Waals surface area contributed by atoms with E-state index >= 15 is 0 Å². The molecule has 0 atom stereocenters. The van der Waals surface area contributed by atoms with Gasteiger partial charge in [-0.05, 0) is 30.9 Å². The number of para-hydroxylation sites is 1. The highest BCUT2D eigenvalue weighted by molar-refractivity contribution is 8.00. The number of fused-ring (bicyclic) bond motifs is 1. The monoisotopic (exact) mass is 411 g/mol. The lowest BCUT2D eigenvalue weighted by Gasteiger charge is -2.20. The zero-order valence-corrected chi connectivity index (χ0v) is 17.3. The van der Waals surface area contributed by atoms with E-state index in [4.69, 9.17) is 0 Å². The molecule has 0 unspecified atom stereocenters. The number of hydrogen-bond acceptors (Lipinski definition) is 5. The Bertz CT molecular complexity index is 1070. The van der Waals surface area contributed by atoms with Crippen molar-refractivity contribution in [1.82, 2.24) is 19.2 Å². The third-order valence-electron chi connectivity index (χ3n) is 5.27. The Morgan fingerprint density at radius 3 is 2.83 bits per heavy atom. The highest BCUT2D eigenvalue weighted by Gasteiger charge is 2.20. The molecule has 1 aromatic carbocycles. The van der Waals surface area contributed by atoms with Crippen LogP contribution in [0.5, 0.6) is 0 Å². The van der Waals surface area contributed by atoms with Crippen molar-refractivity contribution in [1.29, 1.82) is 0 Å². The maximum absolute atomic E-state index is 12.7. The molecule has 0 saturated heterocycles. The SMILES string of the molecule is CCc1ccccc1NC(=O)Cn1nc2c(SC3CCCCC3)nccn2c1=O. The van der Waals surface area contributed by atoms with Gasteiger partial charge in [-0.3, -0.25) is 4.79 Å². The second-order valence-electron chi connectivity index (χ2n) is 7.30. The molecule has 152 valence electrons. The van der Waals surface area contributed by atoms with Crippen LogP contribution in [0.15, 0.2) is 46.5 Å². The summed E-state index contributed by atoms with van der Waals surface area (Å²) in [6.45, 7) is 1.90. The Hall–Kier alpha value is -2.61. The zero-order valence-electron chi connectivity index (χ0n) is 16.5. The molecule has 1 aliphatic rings. The van der Waals surface area contributed by atoms with E-state index < -0.39 is 0 Å². The van der Waals surface area contributed by atoms with Crippen molar-refractivity contribution in [2.45, 2.75) is 62.3 Å². The number of anilines is 1. The molecule has 3 aromatic rings. The molecule has 29 heavy (non-hydrogen) atoms. The molecular weight excluding hydrogens is 386 g/mol. The van der Waals surface area contributed by atoms with Gasteiger partial charge >= 0.3 is 5.69 Å². The molecule has 1 aliphatic carbocycles. The maximum Gasteiger partial charge on any atom is 0.350 e. The van der Waals surface area contributed by atoms with E-state index in [0.29, 0.717) is 10.9 Å². The number of hydrogen-bond donors (Lipinski definition) is 1. The van der Waals surface area contributed by atoms with E-state index in [0.717, 1.165) is 35.5 Å². The fraction of sp³-hybridized carbons (Fsp3) is 0.429. The highest BCUT2D eigenvalue weighted by Crippen LogP contribution is 2.33. The van der Waals surface area contributed by atoms with Gasteiger partial charge in [0.25, 0.3) is 0 Å². The molecule has 2 aromatic heterocycles. The van der Waals surface area contributed by atoms with Gasteiger partial charge in [-0.2, -0.15) is 0 Å². The smallest absolute Gasteiger partial charge is 0.324 e. The first-order valence-corrected chi connectivity index (χ1v) is 11.0. The molecule has 7 nitrogen and oxygen atoms in total. The van der Waals surface area contributed by atoms with Crippen LogP contribution < -0.4 is 11.0 Å². The summed E-state index contributed by atoms with van der Waals surface area (Å²) < 4.78 is 2.69. The molecule has 1 amide bonds. The molecule has 2 heterocycles. The summed E-state index contributed by atoms with van der Waals surface area (Å²) in [6.07, 6.45) is 10.1. The summed E-state index contributed by atoms with van der Waals surface area (Å²) in [5.74, 6) is -0.272. The second-order valence-corrected chi connectivity index (χ2v) is 8.59. The molecule has 0 radical (unpaired) electrons. The minimum absolute atomic E-state index is 0.133. The van der Waals surface area contributed by atoms with Gasteiger partial charge < -0.3 is 5.32 Å². The fourth-order valence-corrected chi connectivity index (χ4v) is 4.98. The van der Waals surface area contributed by atoms with E-state index in [-0.39, 0.29) is 18.1 Å². The van der Waals surface area contributed by atoms with Crippen LogP contribution in [-0.2, 0) is 17.8 Å². The summed E-state index contributed by atoms with van der Waals surface area (Å²) >= 11 is 1.70. The number of aryl methyl sites for hydroxylation is 1. The van der Waals surface area contributed by atoms with Gasteiger partial charge in [0, 0.05) is 23.3 Å². The van der Waals surface area contributed by atoms with Crippen molar-refractivity contribution in [3.63, 3.8) is 0 Å². The summed E-state index contributed by atoms with van der Waals surface area (Å²) in [4.78, 5) is 29.7. The second kappa shape index (κ2) is 8.82. The van der Waals surface area contributed by atoms with Crippen LogP contribution in [0, 0.1) is 0 Å². The molecule has 1 N–H and O–H groups in total. The standard InChI is InChI=1S/C21H25N5O2S/c1-2-15-8-6-7-11-17(15)23-18(27)14-26-21(28)25-13-12-22-20(19(25)24-26)29-16-9-4-3-5-10-16/h6-8,11-13,16H,2-5,9-10,14H2,1H3,(H,23,27). The third kappa shape index (κ3) is 4.37. The third-order valence-corrected chi connectivity index (χ3v) is 6.58. The minimum Gasteiger partial charge on any atom is -0.324 e. The van der Waals surface area contributed by atoms with Crippen molar-refractivity contribution < 1.29 is 4.79 Å². The van der Waals surface area contributed by atoms with Crippen molar-refractivity contribution in [3.8, 4) is 0 Å². The number of carbonyl (C=O) groups is 1. The van der Waals surface area contributed by atoms with Crippen LogP contribution >= 0.6 is 11.8 Å². The first kappa shape index (κ1) is 19.7. The highest BCUT2D eigenvalue weighted by atomic mass is 32.2. The lowest BCUT2D eigenvalue weighted by Crippen LogP contribution is -2.28. The molecule has 1 saturated carbocycles. The summed E-state index contributed by atoms with van der Waals surface area (Å²) in [6, 6.07) is 7.67. The van der Waals surface area contributed by atoms with Gasteiger partial charge in [0.05, 0.1) is 0 Å². The van der Waals surface area contributed by atoms with E-state index in [9.17, 15) is 9.59 Å². The van der Waals surface area contributed by atoms with Gasteiger partial charge in [-0.1, -0.05) is 56.1 Å². The topological polar surface area (TPSA) is 81.3 Å². The van der Waals surface area contributed by atoms with Crippen LogP contribution in [0.4, 0.5) is 5.69 Å². The van der Waals surface area contributed by atoms with Gasteiger partial charge in [0.15, 0.2) is 5.65 Å². The summed E-state index contributed by atoms with van der Waals surface area (Å²) in [5, 5.41) is 8.59. The maximum atomic E-state index is 12.7. The van der Waals surface area contributed by atoms with Gasteiger partial charge in [-0.25, -0.2) is 18.9 Å². The zero-order chi connectivity index (χ0) is 20.2. The van der Waals surface area contributed by atoms with Gasteiger partial charge in [0.2, 0.25) is 5.91 Å². The van der Waals surface area contributed by atoms with Gasteiger partial charge in [-0.15, -0.1) is 5.10 Å². The molecular formula is C21H25N5O2S. The first-order valence-electron chi connectivity index (χ1n) is 10.1. The molecule has 4 rings (SSSR count). The molecule has 8 heteroatoms. The van der Waals surface area contributed by atoms with Crippen molar-refractivity contribution in [3.05, 3.63) is 52.7 Å². The lowest BCUT2D eigenvalue weighted by molar-refractivity contribution is -0.117. The molecule has 0 spiro atoms. The van der Waals surface area contributed by atoms with Crippen LogP contribution in [0.1, 0.15) is 44.6 Å². The fourth-order valence-electron chi connectivity index (χ4n) is 3.73. The Kier molecular flexibility index (Phi) is 5.99. The van der Waals surface area contributed by atoms with Gasteiger partial charge in [0.1, 0.15) is 11.6 Å². The van der Waals surface area contributed by atoms with E-state index in [1.54, 1.807) is 24.2 Å². The molecule has 0 bridgehead atoms.